The summed E-state index contributed by atoms with van der Waals surface area (Å²) < 4.78 is 5.35. The minimum atomic E-state index is -0.256. The van der Waals surface area contributed by atoms with E-state index in [0.717, 1.165) is 52.3 Å². The summed E-state index contributed by atoms with van der Waals surface area (Å²) in [6.45, 7) is 7.57. The second-order valence-electron chi connectivity index (χ2n) is 9.97. The molecule has 0 radical (unpaired) electrons. The summed E-state index contributed by atoms with van der Waals surface area (Å²) in [6.07, 6.45) is 3.86. The molecule has 1 aliphatic heterocycles. The number of carbonyl (C=O) groups is 1. The van der Waals surface area contributed by atoms with E-state index in [1.165, 1.54) is 0 Å². The molecule has 7 nitrogen and oxygen atoms in total. The molecule has 1 unspecified atom stereocenters. The van der Waals surface area contributed by atoms with Crippen LogP contribution in [0.25, 0.3) is 22.2 Å². The average Bonchev–Trinajstić information content (AvgIpc) is 3.42. The van der Waals surface area contributed by atoms with Crippen LogP contribution in [0.4, 0.5) is 5.69 Å². The second kappa shape index (κ2) is 11.5. The fraction of sp³-hybridized carbons (Fsp3) is 0.333. The Kier molecular flexibility index (Phi) is 7.86. The van der Waals surface area contributed by atoms with Crippen molar-refractivity contribution in [1.82, 2.24) is 20.2 Å². The number of anilines is 1. The van der Waals surface area contributed by atoms with Crippen LogP contribution in [0.15, 0.2) is 67.0 Å². The number of nitrogens with one attached hydrogen (secondary N) is 2. The predicted octanol–water partition coefficient (Wildman–Crippen LogP) is 5.32. The van der Waals surface area contributed by atoms with Crippen LogP contribution in [-0.2, 0) is 4.79 Å². The molecule has 2 aromatic heterocycles. The third kappa shape index (κ3) is 5.49. The van der Waals surface area contributed by atoms with Gasteiger partial charge in [0.1, 0.15) is 11.4 Å². The van der Waals surface area contributed by atoms with E-state index < -0.39 is 0 Å². The van der Waals surface area contributed by atoms with E-state index in [1.807, 2.05) is 53.7 Å². The highest BCUT2D eigenvalue weighted by atomic mass is 35.5. The molecule has 8 heteroatoms. The van der Waals surface area contributed by atoms with Crippen molar-refractivity contribution in [3.63, 3.8) is 0 Å². The van der Waals surface area contributed by atoms with Crippen molar-refractivity contribution in [3.05, 3.63) is 77.6 Å². The van der Waals surface area contributed by atoms with Gasteiger partial charge >= 0.3 is 0 Å². The number of hydrogen-bond donors (Lipinski definition) is 2. The Morgan fingerprint density at radius 3 is 2.42 bits per heavy atom. The minimum Gasteiger partial charge on any atom is -0.497 e. The molecule has 1 amide bonds. The van der Waals surface area contributed by atoms with Gasteiger partial charge in [0.05, 0.1) is 18.7 Å². The zero-order chi connectivity index (χ0) is 26.6. The summed E-state index contributed by atoms with van der Waals surface area (Å²) in [4.78, 5) is 26.1. The molecular weight excluding hydrogens is 498 g/mol. The van der Waals surface area contributed by atoms with Gasteiger partial charge in [-0.1, -0.05) is 49.7 Å². The Labute approximate surface area is 228 Å². The molecule has 0 spiro atoms. The van der Waals surface area contributed by atoms with Crippen molar-refractivity contribution < 1.29 is 9.53 Å². The number of methoxy groups -OCH3 is 1. The van der Waals surface area contributed by atoms with E-state index in [2.05, 4.69) is 52.2 Å². The van der Waals surface area contributed by atoms with Crippen LogP contribution in [0.1, 0.15) is 25.3 Å². The number of H-pyrrole nitrogens is 1. The van der Waals surface area contributed by atoms with Crippen molar-refractivity contribution in [2.75, 3.05) is 44.7 Å². The molecule has 0 aliphatic carbocycles. The number of aromatic amines is 1. The van der Waals surface area contributed by atoms with Crippen LogP contribution in [-0.4, -0.2) is 66.7 Å². The van der Waals surface area contributed by atoms with Crippen LogP contribution >= 0.6 is 11.6 Å². The molecule has 1 fully saturated rings. The third-order valence-electron chi connectivity index (χ3n) is 7.17. The zero-order valence-electron chi connectivity index (χ0n) is 22.1. The van der Waals surface area contributed by atoms with Crippen LogP contribution in [0.5, 0.6) is 5.75 Å². The first kappa shape index (κ1) is 26.1. The van der Waals surface area contributed by atoms with E-state index in [9.17, 15) is 4.79 Å². The quantitative estimate of drug-likeness (QED) is 0.322. The number of hydrogen-bond acceptors (Lipinski definition) is 5. The topological polar surface area (TPSA) is 73.5 Å². The summed E-state index contributed by atoms with van der Waals surface area (Å²) in [5, 5.41) is 5.21. The number of carbonyl (C=O) groups excluding carboxylic acids is 1. The average molecular weight is 532 g/mol. The maximum Gasteiger partial charge on any atom is 0.231 e. The number of halogens is 1. The molecule has 3 heterocycles. The third-order valence-corrected chi connectivity index (χ3v) is 7.42. The van der Waals surface area contributed by atoms with Gasteiger partial charge in [-0.3, -0.25) is 4.79 Å². The van der Waals surface area contributed by atoms with E-state index >= 15 is 0 Å². The highest BCUT2D eigenvalue weighted by Gasteiger charge is 2.30. The molecule has 2 aromatic carbocycles. The summed E-state index contributed by atoms with van der Waals surface area (Å²) in [7, 11) is 1.67. The van der Waals surface area contributed by atoms with E-state index in [1.54, 1.807) is 7.11 Å². The van der Waals surface area contributed by atoms with Crippen molar-refractivity contribution in [2.45, 2.75) is 25.8 Å². The highest BCUT2D eigenvalue weighted by Crippen LogP contribution is 2.37. The van der Waals surface area contributed by atoms with Crippen molar-refractivity contribution >= 4 is 34.2 Å². The van der Waals surface area contributed by atoms with Gasteiger partial charge in [0.25, 0.3) is 0 Å². The summed E-state index contributed by atoms with van der Waals surface area (Å²) in [5.74, 6) is 0.714. The molecule has 4 aromatic rings. The van der Waals surface area contributed by atoms with E-state index in [4.69, 9.17) is 16.3 Å². The summed E-state index contributed by atoms with van der Waals surface area (Å²) in [6, 6.07) is 18.1. The number of ether oxygens (including phenoxy) is 1. The first-order valence-electron chi connectivity index (χ1n) is 13.1. The maximum absolute atomic E-state index is 13.8. The molecule has 5 rings (SSSR count). The van der Waals surface area contributed by atoms with Crippen LogP contribution in [0.2, 0.25) is 5.02 Å². The van der Waals surface area contributed by atoms with Gasteiger partial charge in [-0.2, -0.15) is 0 Å². The van der Waals surface area contributed by atoms with Gasteiger partial charge in [0.15, 0.2) is 0 Å². The largest absolute Gasteiger partial charge is 0.497 e. The Morgan fingerprint density at radius 2 is 1.76 bits per heavy atom. The number of rotatable bonds is 8. The predicted molar refractivity (Wildman–Crippen MR) is 154 cm³/mol. The fourth-order valence-corrected chi connectivity index (χ4v) is 5.21. The Morgan fingerprint density at radius 1 is 1.05 bits per heavy atom. The number of aromatic nitrogens is 2. The van der Waals surface area contributed by atoms with Gasteiger partial charge < -0.3 is 24.8 Å². The normalized spacial score (nSPS) is 14.8. The summed E-state index contributed by atoms with van der Waals surface area (Å²) >= 11 is 6.12. The number of nitrogens with zero attached hydrogens (tertiary/aromatic N) is 3. The molecule has 2 N–H and O–H groups in total. The van der Waals surface area contributed by atoms with Gasteiger partial charge in [0, 0.05) is 67.1 Å². The van der Waals surface area contributed by atoms with Crippen LogP contribution in [0.3, 0.4) is 0 Å². The lowest BCUT2D eigenvalue weighted by Gasteiger charge is -2.38. The molecule has 198 valence electrons. The Bertz CT molecular complexity index is 1380. The van der Waals surface area contributed by atoms with Crippen LogP contribution < -0.4 is 15.0 Å². The zero-order valence-corrected chi connectivity index (χ0v) is 22.8. The lowest BCUT2D eigenvalue weighted by molar-refractivity contribution is -0.133. The van der Waals surface area contributed by atoms with Gasteiger partial charge in [0.2, 0.25) is 5.91 Å². The maximum atomic E-state index is 13.8. The lowest BCUT2D eigenvalue weighted by atomic mass is 9.96. The number of pyridine rings is 1. The fourth-order valence-electron chi connectivity index (χ4n) is 5.08. The monoisotopic (exact) mass is 531 g/mol. The Balaban J connectivity index is 1.38. The summed E-state index contributed by atoms with van der Waals surface area (Å²) in [5.41, 5.74) is 5.14. The molecule has 0 bridgehead atoms. The van der Waals surface area contributed by atoms with E-state index in [-0.39, 0.29) is 11.8 Å². The molecule has 0 saturated carbocycles. The van der Waals surface area contributed by atoms with Crippen molar-refractivity contribution in [3.8, 4) is 16.9 Å². The van der Waals surface area contributed by atoms with Crippen LogP contribution in [0, 0.1) is 0 Å². The van der Waals surface area contributed by atoms with Gasteiger partial charge in [-0.25, -0.2) is 4.98 Å². The number of piperazine rings is 1. The highest BCUT2D eigenvalue weighted by molar-refractivity contribution is 6.30. The van der Waals surface area contributed by atoms with Gasteiger partial charge in [-0.05, 0) is 41.5 Å². The molecule has 1 saturated heterocycles. The molecular formula is C30H34ClN5O2. The molecule has 38 heavy (non-hydrogen) atoms. The van der Waals surface area contributed by atoms with Crippen molar-refractivity contribution in [1.29, 1.82) is 0 Å². The first-order valence-corrected chi connectivity index (χ1v) is 13.5. The van der Waals surface area contributed by atoms with Gasteiger partial charge in [-0.15, -0.1) is 0 Å². The molecule has 1 aliphatic rings. The number of amides is 1. The Hall–Kier alpha value is -3.55. The molecule has 1 atom stereocenters. The standard InChI is InChI=1S/C30H34ClN5O2/c1-20(2)33-19-27(22-4-8-23(31)9-5-22)30(37)36-16-14-35(15-17-36)28-25-12-13-32-29(25)34-18-26(28)21-6-10-24(38-3)11-7-21/h4-13,18,20,27,33H,14-17,19H2,1-3H3,(H,32,34). The number of benzene rings is 2. The first-order chi connectivity index (χ1) is 18.4. The lowest BCUT2D eigenvalue weighted by Crippen LogP contribution is -2.51. The van der Waals surface area contributed by atoms with E-state index in [0.29, 0.717) is 30.7 Å². The smallest absolute Gasteiger partial charge is 0.231 e. The SMILES string of the molecule is COc1ccc(-c2cnc3[nH]ccc3c2N2CCN(C(=O)C(CNC(C)C)c3ccc(Cl)cc3)CC2)cc1. The van der Waals surface area contributed by atoms with Crippen molar-refractivity contribution in [2.24, 2.45) is 0 Å². The number of fused-ring (bicyclic) bond motifs is 1. The minimum absolute atomic E-state index is 0.150. The second-order valence-corrected chi connectivity index (χ2v) is 10.4.